The second-order valence-electron chi connectivity index (χ2n) is 4.96. The van der Waals surface area contributed by atoms with E-state index in [0.29, 0.717) is 12.3 Å². The van der Waals surface area contributed by atoms with Crippen LogP contribution in [-0.4, -0.2) is 14.5 Å². The lowest BCUT2D eigenvalue weighted by molar-refractivity contribution is 0.480. The Morgan fingerprint density at radius 1 is 1.37 bits per heavy atom. The van der Waals surface area contributed by atoms with Crippen LogP contribution in [0.2, 0.25) is 5.02 Å². The molecule has 1 atom stereocenters. The highest BCUT2D eigenvalue weighted by Crippen LogP contribution is 2.25. The van der Waals surface area contributed by atoms with Crippen molar-refractivity contribution >= 4 is 27.3 Å². The van der Waals surface area contributed by atoms with Crippen LogP contribution < -0.4 is 10.5 Å². The standard InChI is InChI=1S/C12H18ClFN2O2S/c1-7(2)4-8(3)16-19(17,18)11-6-9(13)5-10(15)12(11)14/h5-8,16H,4,15H2,1-3H3. The maximum absolute atomic E-state index is 13.8. The molecule has 4 nitrogen and oxygen atoms in total. The van der Waals surface area contributed by atoms with Crippen molar-refractivity contribution in [1.82, 2.24) is 4.72 Å². The number of benzene rings is 1. The third-order valence-corrected chi connectivity index (χ3v) is 4.31. The van der Waals surface area contributed by atoms with Gasteiger partial charge in [0, 0.05) is 11.1 Å². The van der Waals surface area contributed by atoms with E-state index in [4.69, 9.17) is 17.3 Å². The van der Waals surface area contributed by atoms with E-state index < -0.39 is 20.7 Å². The Morgan fingerprint density at radius 3 is 2.47 bits per heavy atom. The summed E-state index contributed by atoms with van der Waals surface area (Å²) in [5.41, 5.74) is 5.09. The highest BCUT2D eigenvalue weighted by Gasteiger charge is 2.23. The van der Waals surface area contributed by atoms with E-state index in [2.05, 4.69) is 4.72 Å². The molecular formula is C12H18ClFN2O2S. The number of hydrogen-bond donors (Lipinski definition) is 2. The zero-order valence-electron chi connectivity index (χ0n) is 11.1. The summed E-state index contributed by atoms with van der Waals surface area (Å²) in [6.07, 6.45) is 0.650. The molecule has 19 heavy (non-hydrogen) atoms. The topological polar surface area (TPSA) is 72.2 Å². The first kappa shape index (κ1) is 16.2. The molecule has 3 N–H and O–H groups in total. The molecule has 0 aromatic heterocycles. The Morgan fingerprint density at radius 2 is 1.95 bits per heavy atom. The second kappa shape index (κ2) is 6.07. The number of hydrogen-bond acceptors (Lipinski definition) is 3. The molecule has 0 aliphatic rings. The number of nitrogens with one attached hydrogen (secondary N) is 1. The van der Waals surface area contributed by atoms with Gasteiger partial charge in [0.2, 0.25) is 10.0 Å². The predicted octanol–water partition coefficient (Wildman–Crippen LogP) is 2.77. The van der Waals surface area contributed by atoms with Crippen LogP contribution in [-0.2, 0) is 10.0 Å². The van der Waals surface area contributed by atoms with Crippen molar-refractivity contribution in [3.63, 3.8) is 0 Å². The minimum atomic E-state index is -3.97. The van der Waals surface area contributed by atoms with Gasteiger partial charge in [-0.05, 0) is 31.4 Å². The quantitative estimate of drug-likeness (QED) is 0.822. The van der Waals surface area contributed by atoms with Crippen molar-refractivity contribution in [3.8, 4) is 0 Å². The highest BCUT2D eigenvalue weighted by molar-refractivity contribution is 7.89. The van der Waals surface area contributed by atoms with Gasteiger partial charge in [-0.3, -0.25) is 0 Å². The van der Waals surface area contributed by atoms with Crippen LogP contribution in [0.5, 0.6) is 0 Å². The van der Waals surface area contributed by atoms with E-state index in [9.17, 15) is 12.8 Å². The SMILES string of the molecule is CC(C)CC(C)NS(=O)(=O)c1cc(Cl)cc(N)c1F. The molecule has 0 saturated carbocycles. The van der Waals surface area contributed by atoms with Gasteiger partial charge in [0.15, 0.2) is 5.82 Å². The van der Waals surface area contributed by atoms with Crippen LogP contribution in [0.25, 0.3) is 0 Å². The number of anilines is 1. The lowest BCUT2D eigenvalue weighted by Crippen LogP contribution is -2.34. The summed E-state index contributed by atoms with van der Waals surface area (Å²) in [7, 11) is -3.97. The number of nitrogen functional groups attached to an aromatic ring is 1. The normalized spacial score (nSPS) is 13.8. The molecule has 0 saturated heterocycles. The average molecular weight is 309 g/mol. The summed E-state index contributed by atoms with van der Waals surface area (Å²) < 4.78 is 40.4. The maximum Gasteiger partial charge on any atom is 0.243 e. The molecule has 1 unspecified atom stereocenters. The largest absolute Gasteiger partial charge is 0.396 e. The van der Waals surface area contributed by atoms with E-state index >= 15 is 0 Å². The Hall–Kier alpha value is -0.850. The summed E-state index contributed by atoms with van der Waals surface area (Å²) >= 11 is 5.71. The van der Waals surface area contributed by atoms with E-state index in [1.807, 2.05) is 13.8 Å². The molecule has 108 valence electrons. The molecule has 0 spiro atoms. The summed E-state index contributed by atoms with van der Waals surface area (Å²) in [6, 6.07) is 1.93. The van der Waals surface area contributed by atoms with E-state index in [1.54, 1.807) is 6.92 Å². The molecule has 0 fully saturated rings. The third-order valence-electron chi connectivity index (χ3n) is 2.50. The molecule has 0 bridgehead atoms. The van der Waals surface area contributed by atoms with Crippen LogP contribution >= 0.6 is 11.6 Å². The fourth-order valence-corrected chi connectivity index (χ4v) is 3.54. The van der Waals surface area contributed by atoms with Gasteiger partial charge in [-0.2, -0.15) is 0 Å². The van der Waals surface area contributed by atoms with Crippen molar-refractivity contribution in [2.75, 3.05) is 5.73 Å². The molecule has 0 heterocycles. The van der Waals surface area contributed by atoms with Crippen LogP contribution in [0.3, 0.4) is 0 Å². The zero-order valence-corrected chi connectivity index (χ0v) is 12.6. The van der Waals surface area contributed by atoms with Gasteiger partial charge in [0.05, 0.1) is 5.69 Å². The summed E-state index contributed by atoms with van der Waals surface area (Å²) in [4.78, 5) is -0.520. The fraction of sp³-hybridized carbons (Fsp3) is 0.500. The molecule has 0 radical (unpaired) electrons. The highest BCUT2D eigenvalue weighted by atomic mass is 35.5. The molecule has 7 heteroatoms. The van der Waals surface area contributed by atoms with E-state index in [-0.39, 0.29) is 16.8 Å². The minimum Gasteiger partial charge on any atom is -0.396 e. The van der Waals surface area contributed by atoms with Crippen LogP contribution in [0.15, 0.2) is 17.0 Å². The van der Waals surface area contributed by atoms with E-state index in [1.165, 1.54) is 6.07 Å². The molecule has 0 aliphatic carbocycles. The summed E-state index contributed by atoms with van der Waals surface area (Å²) in [5.74, 6) is -0.652. The molecule has 1 aromatic rings. The number of sulfonamides is 1. The zero-order chi connectivity index (χ0) is 14.8. The van der Waals surface area contributed by atoms with Gasteiger partial charge < -0.3 is 5.73 Å². The van der Waals surface area contributed by atoms with Crippen LogP contribution in [0.1, 0.15) is 27.2 Å². The third kappa shape index (κ3) is 4.33. The maximum atomic E-state index is 13.8. The molecule has 1 rings (SSSR count). The first-order valence-corrected chi connectivity index (χ1v) is 7.76. The molecule has 0 aliphatic heterocycles. The second-order valence-corrected chi connectivity index (χ2v) is 7.08. The van der Waals surface area contributed by atoms with Gasteiger partial charge in [0.1, 0.15) is 4.90 Å². The number of rotatable bonds is 5. The smallest absolute Gasteiger partial charge is 0.243 e. The molecule has 1 aromatic carbocycles. The van der Waals surface area contributed by atoms with Crippen molar-refractivity contribution in [2.45, 2.75) is 38.1 Å². The molecule has 0 amide bonds. The van der Waals surface area contributed by atoms with Gasteiger partial charge in [-0.25, -0.2) is 17.5 Å². The monoisotopic (exact) mass is 308 g/mol. The minimum absolute atomic E-state index is 0.0794. The Bertz CT molecular complexity index is 561. The lowest BCUT2D eigenvalue weighted by atomic mass is 10.1. The van der Waals surface area contributed by atoms with Gasteiger partial charge in [0.25, 0.3) is 0 Å². The number of halogens is 2. The molecular weight excluding hydrogens is 291 g/mol. The predicted molar refractivity (Wildman–Crippen MR) is 75.1 cm³/mol. The Labute approximate surface area is 118 Å². The summed E-state index contributed by atoms with van der Waals surface area (Å²) in [5, 5.41) is 0.0794. The van der Waals surface area contributed by atoms with Crippen molar-refractivity contribution in [3.05, 3.63) is 23.0 Å². The van der Waals surface area contributed by atoms with Gasteiger partial charge >= 0.3 is 0 Å². The van der Waals surface area contributed by atoms with Crippen LogP contribution in [0, 0.1) is 11.7 Å². The van der Waals surface area contributed by atoms with Crippen molar-refractivity contribution in [1.29, 1.82) is 0 Å². The summed E-state index contributed by atoms with van der Waals surface area (Å²) in [6.45, 7) is 5.68. The van der Waals surface area contributed by atoms with Gasteiger partial charge in [-0.1, -0.05) is 25.4 Å². The number of nitrogens with two attached hydrogens (primary N) is 1. The van der Waals surface area contributed by atoms with Gasteiger partial charge in [-0.15, -0.1) is 0 Å². The Kier molecular flexibility index (Phi) is 5.18. The van der Waals surface area contributed by atoms with Crippen molar-refractivity contribution in [2.24, 2.45) is 5.92 Å². The Balaban J connectivity index is 3.07. The first-order chi connectivity index (χ1) is 8.63. The van der Waals surface area contributed by atoms with Crippen LogP contribution in [0.4, 0.5) is 10.1 Å². The average Bonchev–Trinajstić information content (AvgIpc) is 2.20. The first-order valence-electron chi connectivity index (χ1n) is 5.90. The van der Waals surface area contributed by atoms with Crippen molar-refractivity contribution < 1.29 is 12.8 Å². The lowest BCUT2D eigenvalue weighted by Gasteiger charge is -2.17. The van der Waals surface area contributed by atoms with E-state index in [0.717, 1.165) is 6.07 Å². The fourth-order valence-electron chi connectivity index (χ4n) is 1.86.